The molecule has 0 aliphatic carbocycles. The minimum absolute atomic E-state index is 0.0599. The van der Waals surface area contributed by atoms with Crippen molar-refractivity contribution < 1.29 is 9.18 Å². The number of benzene rings is 2. The number of carbonyl (C=O) groups excluding carboxylic acids is 1. The highest BCUT2D eigenvalue weighted by molar-refractivity contribution is 6.04. The first-order valence-electron chi connectivity index (χ1n) is 10.4. The van der Waals surface area contributed by atoms with Crippen LogP contribution < -0.4 is 21.2 Å². The maximum absolute atomic E-state index is 13.9. The normalized spacial score (nSPS) is 13.8. The summed E-state index contributed by atoms with van der Waals surface area (Å²) in [6, 6.07) is 9.34. The molecule has 0 radical (unpaired) electrons. The number of aryl methyl sites for hydroxylation is 2. The Morgan fingerprint density at radius 1 is 0.967 bits per heavy atom. The number of amides is 2. The number of aromatic nitrogens is 2. The monoisotopic (exact) mass is 411 g/mol. The van der Waals surface area contributed by atoms with Crippen molar-refractivity contribution in [2.45, 2.75) is 39.8 Å². The van der Waals surface area contributed by atoms with Gasteiger partial charge in [-0.1, -0.05) is 12.1 Å². The Labute approximate surface area is 174 Å². The van der Waals surface area contributed by atoms with Crippen LogP contribution in [0.5, 0.6) is 0 Å². The van der Waals surface area contributed by atoms with Crippen molar-refractivity contribution >= 4 is 34.1 Å². The number of halogens is 1. The van der Waals surface area contributed by atoms with Crippen LogP contribution in [0.3, 0.4) is 0 Å². The van der Waals surface area contributed by atoms with Gasteiger partial charge in [-0.3, -0.25) is 9.13 Å². The summed E-state index contributed by atoms with van der Waals surface area (Å²) in [5.41, 5.74) is 3.16. The third-order valence-corrected chi connectivity index (χ3v) is 5.59. The van der Waals surface area contributed by atoms with Gasteiger partial charge < -0.3 is 15.5 Å². The maximum Gasteiger partial charge on any atom is 0.329 e. The van der Waals surface area contributed by atoms with Gasteiger partial charge in [-0.05, 0) is 51.0 Å². The summed E-state index contributed by atoms with van der Waals surface area (Å²) in [4.78, 5) is 27.6. The van der Waals surface area contributed by atoms with Gasteiger partial charge in [-0.15, -0.1) is 0 Å². The van der Waals surface area contributed by atoms with E-state index in [1.165, 1.54) is 12.1 Å². The zero-order valence-corrected chi connectivity index (χ0v) is 17.2. The molecule has 2 heterocycles. The van der Waals surface area contributed by atoms with E-state index < -0.39 is 11.8 Å². The zero-order chi connectivity index (χ0) is 21.3. The topological polar surface area (TPSA) is 71.3 Å². The average molecular weight is 411 g/mol. The van der Waals surface area contributed by atoms with Crippen LogP contribution in [-0.4, -0.2) is 28.3 Å². The van der Waals surface area contributed by atoms with Crippen LogP contribution in [0, 0.1) is 5.82 Å². The van der Waals surface area contributed by atoms with Crippen LogP contribution in [0.15, 0.2) is 41.2 Å². The second kappa shape index (κ2) is 8.22. The highest BCUT2D eigenvalue weighted by Crippen LogP contribution is 2.33. The predicted molar refractivity (Wildman–Crippen MR) is 118 cm³/mol. The smallest absolute Gasteiger partial charge is 0.329 e. The zero-order valence-electron chi connectivity index (χ0n) is 17.2. The first-order valence-corrected chi connectivity index (χ1v) is 10.4. The molecule has 1 fully saturated rings. The first kappa shape index (κ1) is 20.0. The van der Waals surface area contributed by atoms with Crippen LogP contribution in [0.1, 0.15) is 26.7 Å². The predicted octanol–water partition coefficient (Wildman–Crippen LogP) is 4.23. The number of hydrogen-bond donors (Lipinski definition) is 2. The van der Waals surface area contributed by atoms with Crippen LogP contribution in [0.25, 0.3) is 11.0 Å². The Hall–Kier alpha value is -3.29. The summed E-state index contributed by atoms with van der Waals surface area (Å²) in [5, 5.41) is 5.43. The lowest BCUT2D eigenvalue weighted by atomic mass is 10.2. The Kier molecular flexibility index (Phi) is 5.48. The average Bonchev–Trinajstić information content (AvgIpc) is 3.34. The lowest BCUT2D eigenvalue weighted by Crippen LogP contribution is -2.24. The molecule has 1 saturated heterocycles. The number of imidazole rings is 1. The number of para-hydroxylation sites is 1. The van der Waals surface area contributed by atoms with Crippen molar-refractivity contribution in [3.8, 4) is 0 Å². The summed E-state index contributed by atoms with van der Waals surface area (Å²) in [5.74, 6) is -0.497. The summed E-state index contributed by atoms with van der Waals surface area (Å²) < 4.78 is 17.4. The van der Waals surface area contributed by atoms with Crippen molar-refractivity contribution in [3.05, 3.63) is 52.7 Å². The van der Waals surface area contributed by atoms with Gasteiger partial charge in [0.1, 0.15) is 5.82 Å². The summed E-state index contributed by atoms with van der Waals surface area (Å²) in [6.07, 6.45) is 2.16. The quantitative estimate of drug-likeness (QED) is 0.660. The second-order valence-corrected chi connectivity index (χ2v) is 7.38. The highest BCUT2D eigenvalue weighted by atomic mass is 19.1. The van der Waals surface area contributed by atoms with Gasteiger partial charge in [0.05, 0.1) is 28.1 Å². The Bertz CT molecular complexity index is 1140. The van der Waals surface area contributed by atoms with Crippen molar-refractivity contribution in [1.82, 2.24) is 9.13 Å². The van der Waals surface area contributed by atoms with Crippen LogP contribution in [0.4, 0.5) is 26.2 Å². The molecule has 8 heteroatoms. The molecular weight excluding hydrogens is 385 g/mol. The molecule has 2 amide bonds. The molecular formula is C22H26FN5O2. The summed E-state index contributed by atoms with van der Waals surface area (Å²) in [7, 11) is 0. The second-order valence-electron chi connectivity index (χ2n) is 7.38. The minimum atomic E-state index is -0.528. The number of hydrogen-bond acceptors (Lipinski definition) is 3. The maximum atomic E-state index is 13.9. The number of nitrogens with zero attached hydrogens (tertiary/aromatic N) is 3. The molecule has 7 nitrogen and oxygen atoms in total. The Morgan fingerprint density at radius 2 is 1.57 bits per heavy atom. The van der Waals surface area contributed by atoms with Crippen molar-refractivity contribution in [2.24, 2.45) is 0 Å². The Morgan fingerprint density at radius 3 is 2.20 bits per heavy atom. The van der Waals surface area contributed by atoms with E-state index in [-0.39, 0.29) is 11.4 Å². The molecule has 1 aliphatic heterocycles. The van der Waals surface area contributed by atoms with E-state index >= 15 is 0 Å². The van der Waals surface area contributed by atoms with Crippen molar-refractivity contribution in [2.75, 3.05) is 28.6 Å². The molecule has 0 bridgehead atoms. The summed E-state index contributed by atoms with van der Waals surface area (Å²) >= 11 is 0. The van der Waals surface area contributed by atoms with Gasteiger partial charge in [0, 0.05) is 26.2 Å². The molecule has 3 aromatic rings. The first-order chi connectivity index (χ1) is 14.5. The molecule has 30 heavy (non-hydrogen) atoms. The van der Waals surface area contributed by atoms with Crippen molar-refractivity contribution in [3.63, 3.8) is 0 Å². The molecule has 158 valence electrons. The van der Waals surface area contributed by atoms with Gasteiger partial charge in [0.15, 0.2) is 0 Å². The number of carbonyl (C=O) groups is 1. The fourth-order valence-electron chi connectivity index (χ4n) is 4.12. The standard InChI is InChI=1S/C22H26FN5O2/c1-3-27-19-13-17(25-21(29)24-16-10-6-5-9-15(16)23)18(26-11-7-8-12-26)14-20(19)28(4-2)22(27)30/h5-6,9-10,13-14H,3-4,7-8,11-12H2,1-2H3,(H2,24,25,29). The SMILES string of the molecule is CCn1c(=O)n(CC)c2cc(N3CCCC3)c(NC(=O)Nc3ccccc3F)cc21. The highest BCUT2D eigenvalue weighted by Gasteiger charge is 2.21. The third-order valence-electron chi connectivity index (χ3n) is 5.59. The number of nitrogens with one attached hydrogen (secondary N) is 2. The molecule has 0 atom stereocenters. The van der Waals surface area contributed by atoms with Gasteiger partial charge >= 0.3 is 11.7 Å². The van der Waals surface area contributed by atoms with E-state index in [2.05, 4.69) is 15.5 Å². The molecule has 0 unspecified atom stereocenters. The van der Waals surface area contributed by atoms with E-state index in [9.17, 15) is 14.0 Å². The van der Waals surface area contributed by atoms with Crippen molar-refractivity contribution in [1.29, 1.82) is 0 Å². The van der Waals surface area contributed by atoms with Gasteiger partial charge in [0.25, 0.3) is 0 Å². The number of fused-ring (bicyclic) bond motifs is 1. The number of rotatable bonds is 5. The molecule has 2 aromatic carbocycles. The van der Waals surface area contributed by atoms with E-state index in [0.29, 0.717) is 18.8 Å². The minimum Gasteiger partial charge on any atom is -0.370 e. The summed E-state index contributed by atoms with van der Waals surface area (Å²) in [6.45, 7) is 6.76. The molecule has 0 spiro atoms. The molecule has 0 saturated carbocycles. The fraction of sp³-hybridized carbons (Fsp3) is 0.364. The molecule has 2 N–H and O–H groups in total. The van der Waals surface area contributed by atoms with E-state index in [4.69, 9.17) is 0 Å². The molecule has 1 aliphatic rings. The number of urea groups is 1. The Balaban J connectivity index is 1.76. The van der Waals surface area contributed by atoms with Gasteiger partial charge in [-0.25, -0.2) is 14.0 Å². The van der Waals surface area contributed by atoms with E-state index in [1.807, 2.05) is 26.0 Å². The van der Waals surface area contributed by atoms with Gasteiger partial charge in [0.2, 0.25) is 0 Å². The lowest BCUT2D eigenvalue weighted by Gasteiger charge is -2.22. The largest absolute Gasteiger partial charge is 0.370 e. The lowest BCUT2D eigenvalue weighted by molar-refractivity contribution is 0.262. The van der Waals surface area contributed by atoms with Gasteiger partial charge in [-0.2, -0.15) is 0 Å². The molecule has 4 rings (SSSR count). The fourth-order valence-corrected chi connectivity index (χ4v) is 4.12. The van der Waals surface area contributed by atoms with E-state index in [1.54, 1.807) is 21.3 Å². The number of anilines is 3. The third kappa shape index (κ3) is 3.53. The molecule has 1 aromatic heterocycles. The van der Waals surface area contributed by atoms with Crippen LogP contribution >= 0.6 is 0 Å². The van der Waals surface area contributed by atoms with E-state index in [0.717, 1.165) is 42.7 Å². The van der Waals surface area contributed by atoms with Crippen LogP contribution in [0.2, 0.25) is 0 Å². The van der Waals surface area contributed by atoms with Crippen LogP contribution in [-0.2, 0) is 13.1 Å².